The highest BCUT2D eigenvalue weighted by Gasteiger charge is 2.17. The summed E-state index contributed by atoms with van der Waals surface area (Å²) in [6.45, 7) is 2.13. The average molecular weight is 222 g/mol. The van der Waals surface area contributed by atoms with Crippen LogP contribution in [0.1, 0.15) is 12.5 Å². The van der Waals surface area contributed by atoms with Gasteiger partial charge in [0, 0.05) is 26.2 Å². The highest BCUT2D eigenvalue weighted by atomic mass is 16.5. The number of para-hydroxylation sites is 1. The van der Waals surface area contributed by atoms with Crippen molar-refractivity contribution in [2.45, 2.75) is 19.6 Å². The van der Waals surface area contributed by atoms with E-state index in [2.05, 4.69) is 0 Å². The van der Waals surface area contributed by atoms with Crippen LogP contribution in [0, 0.1) is 0 Å². The number of hydrogen-bond donors (Lipinski definition) is 1. The zero-order valence-electron chi connectivity index (χ0n) is 9.93. The van der Waals surface area contributed by atoms with Crippen molar-refractivity contribution >= 4 is 5.91 Å². The van der Waals surface area contributed by atoms with E-state index < -0.39 is 6.10 Å². The van der Waals surface area contributed by atoms with Crippen LogP contribution in [0.25, 0.3) is 0 Å². The van der Waals surface area contributed by atoms with Crippen LogP contribution in [0.2, 0.25) is 0 Å². The lowest BCUT2D eigenvalue weighted by Crippen LogP contribution is -2.35. The number of hydrogen-bond acceptors (Lipinski definition) is 3. The zero-order valence-corrected chi connectivity index (χ0v) is 9.93. The van der Waals surface area contributed by atoms with Gasteiger partial charge in [0.05, 0.1) is 0 Å². The molecule has 1 rings (SSSR count). The molecule has 1 amide bonds. The van der Waals surface area contributed by atoms with E-state index in [1.165, 1.54) is 4.90 Å². The first-order chi connectivity index (χ1) is 7.56. The van der Waals surface area contributed by atoms with Crippen molar-refractivity contribution in [3.8, 4) is 5.75 Å². The standard InChI is InChI=1S/C12H18N2O2/c1-9(12(15)14(2)3)16-11-7-5-4-6-10(11)8-13/h4-7,9H,8,13H2,1-3H3. The van der Waals surface area contributed by atoms with E-state index >= 15 is 0 Å². The Labute approximate surface area is 96.0 Å². The number of nitrogens with zero attached hydrogens (tertiary/aromatic N) is 1. The highest BCUT2D eigenvalue weighted by Crippen LogP contribution is 2.18. The molecule has 1 unspecified atom stereocenters. The zero-order chi connectivity index (χ0) is 12.1. The second-order valence-electron chi connectivity index (χ2n) is 3.80. The summed E-state index contributed by atoms with van der Waals surface area (Å²) in [4.78, 5) is 13.1. The van der Waals surface area contributed by atoms with Crippen molar-refractivity contribution in [2.75, 3.05) is 14.1 Å². The molecule has 0 bridgehead atoms. The maximum Gasteiger partial charge on any atom is 0.262 e. The van der Waals surface area contributed by atoms with Crippen LogP contribution in [0.5, 0.6) is 5.75 Å². The van der Waals surface area contributed by atoms with Crippen LogP contribution >= 0.6 is 0 Å². The predicted octanol–water partition coefficient (Wildman–Crippen LogP) is 1.00. The molecule has 0 aliphatic carbocycles. The molecule has 2 N–H and O–H groups in total. The molecular formula is C12H18N2O2. The molecule has 0 saturated heterocycles. The Kier molecular flexibility index (Phi) is 4.31. The van der Waals surface area contributed by atoms with E-state index in [1.807, 2.05) is 24.3 Å². The van der Waals surface area contributed by atoms with Gasteiger partial charge in [-0.25, -0.2) is 0 Å². The summed E-state index contributed by atoms with van der Waals surface area (Å²) in [5.74, 6) is 0.611. The molecule has 88 valence electrons. The summed E-state index contributed by atoms with van der Waals surface area (Å²) in [6.07, 6.45) is -0.498. The smallest absolute Gasteiger partial charge is 0.262 e. The second kappa shape index (κ2) is 5.51. The average Bonchev–Trinajstić information content (AvgIpc) is 2.28. The Hall–Kier alpha value is -1.55. The van der Waals surface area contributed by atoms with Gasteiger partial charge in [0.1, 0.15) is 5.75 Å². The summed E-state index contributed by atoms with van der Waals surface area (Å²) >= 11 is 0. The monoisotopic (exact) mass is 222 g/mol. The van der Waals surface area contributed by atoms with E-state index in [-0.39, 0.29) is 5.91 Å². The van der Waals surface area contributed by atoms with Gasteiger partial charge in [-0.3, -0.25) is 4.79 Å². The van der Waals surface area contributed by atoms with Crippen molar-refractivity contribution in [3.63, 3.8) is 0 Å². The van der Waals surface area contributed by atoms with Crippen molar-refractivity contribution in [3.05, 3.63) is 29.8 Å². The molecule has 0 radical (unpaired) electrons. The Bertz CT molecular complexity index is 364. The first kappa shape index (κ1) is 12.5. The summed E-state index contributed by atoms with van der Waals surface area (Å²) in [7, 11) is 3.41. The van der Waals surface area contributed by atoms with Crippen LogP contribution in [-0.4, -0.2) is 31.0 Å². The van der Waals surface area contributed by atoms with E-state index in [0.717, 1.165) is 5.56 Å². The maximum atomic E-state index is 11.6. The largest absolute Gasteiger partial charge is 0.481 e. The number of likely N-dealkylation sites (N-methyl/N-ethyl adjacent to an activating group) is 1. The quantitative estimate of drug-likeness (QED) is 0.827. The van der Waals surface area contributed by atoms with Crippen LogP contribution in [0.15, 0.2) is 24.3 Å². The third-order valence-electron chi connectivity index (χ3n) is 2.28. The van der Waals surface area contributed by atoms with Gasteiger partial charge in [0.2, 0.25) is 0 Å². The van der Waals surface area contributed by atoms with Gasteiger partial charge in [-0.15, -0.1) is 0 Å². The van der Waals surface area contributed by atoms with Gasteiger partial charge in [-0.2, -0.15) is 0 Å². The van der Waals surface area contributed by atoms with Gasteiger partial charge in [-0.05, 0) is 13.0 Å². The minimum atomic E-state index is -0.498. The Morgan fingerprint density at radius 1 is 1.44 bits per heavy atom. The van der Waals surface area contributed by atoms with E-state index in [4.69, 9.17) is 10.5 Å². The summed E-state index contributed by atoms with van der Waals surface area (Å²) < 4.78 is 5.59. The fraction of sp³-hybridized carbons (Fsp3) is 0.417. The van der Waals surface area contributed by atoms with Crippen LogP contribution < -0.4 is 10.5 Å². The van der Waals surface area contributed by atoms with Crippen molar-refractivity contribution in [1.29, 1.82) is 0 Å². The molecule has 0 heterocycles. The molecule has 16 heavy (non-hydrogen) atoms. The summed E-state index contributed by atoms with van der Waals surface area (Å²) in [5.41, 5.74) is 6.49. The predicted molar refractivity (Wildman–Crippen MR) is 63.1 cm³/mol. The molecular weight excluding hydrogens is 204 g/mol. The number of rotatable bonds is 4. The molecule has 1 aromatic rings. The molecule has 0 aliphatic rings. The SMILES string of the molecule is CC(Oc1ccccc1CN)C(=O)N(C)C. The Balaban J connectivity index is 2.76. The number of amides is 1. The third kappa shape index (κ3) is 2.97. The minimum absolute atomic E-state index is 0.0631. The van der Waals surface area contributed by atoms with E-state index in [1.54, 1.807) is 21.0 Å². The Morgan fingerprint density at radius 2 is 2.06 bits per heavy atom. The molecule has 0 aliphatic heterocycles. The van der Waals surface area contributed by atoms with Gasteiger partial charge >= 0.3 is 0 Å². The normalized spacial score (nSPS) is 12.0. The molecule has 0 saturated carbocycles. The van der Waals surface area contributed by atoms with Crippen molar-refractivity contribution in [2.24, 2.45) is 5.73 Å². The summed E-state index contributed by atoms with van der Waals surface area (Å²) in [5, 5.41) is 0. The van der Waals surface area contributed by atoms with Gasteiger partial charge in [0.15, 0.2) is 6.10 Å². The third-order valence-corrected chi connectivity index (χ3v) is 2.28. The fourth-order valence-corrected chi connectivity index (χ4v) is 1.39. The minimum Gasteiger partial charge on any atom is -0.481 e. The second-order valence-corrected chi connectivity index (χ2v) is 3.80. The molecule has 0 spiro atoms. The maximum absolute atomic E-state index is 11.6. The van der Waals surface area contributed by atoms with Crippen LogP contribution in [0.3, 0.4) is 0 Å². The van der Waals surface area contributed by atoms with E-state index in [0.29, 0.717) is 12.3 Å². The summed E-state index contributed by atoms with van der Waals surface area (Å²) in [6, 6.07) is 7.47. The topological polar surface area (TPSA) is 55.6 Å². The highest BCUT2D eigenvalue weighted by molar-refractivity contribution is 5.80. The van der Waals surface area contributed by atoms with Gasteiger partial charge in [0.25, 0.3) is 5.91 Å². The van der Waals surface area contributed by atoms with Crippen LogP contribution in [0.4, 0.5) is 0 Å². The molecule has 1 aromatic carbocycles. The first-order valence-electron chi connectivity index (χ1n) is 5.22. The molecule has 1 atom stereocenters. The number of ether oxygens (including phenoxy) is 1. The molecule has 4 heteroatoms. The molecule has 0 aromatic heterocycles. The lowest BCUT2D eigenvalue weighted by atomic mass is 10.2. The number of nitrogens with two attached hydrogens (primary N) is 1. The van der Waals surface area contributed by atoms with Crippen molar-refractivity contribution < 1.29 is 9.53 Å². The lowest BCUT2D eigenvalue weighted by molar-refractivity contribution is -0.135. The first-order valence-corrected chi connectivity index (χ1v) is 5.22. The van der Waals surface area contributed by atoms with Crippen molar-refractivity contribution in [1.82, 2.24) is 4.90 Å². The molecule has 4 nitrogen and oxygen atoms in total. The van der Waals surface area contributed by atoms with E-state index in [9.17, 15) is 4.79 Å². The molecule has 0 fully saturated rings. The fourth-order valence-electron chi connectivity index (χ4n) is 1.39. The number of benzene rings is 1. The van der Waals surface area contributed by atoms with Gasteiger partial charge < -0.3 is 15.4 Å². The number of carbonyl (C=O) groups is 1. The Morgan fingerprint density at radius 3 is 2.62 bits per heavy atom. The lowest BCUT2D eigenvalue weighted by Gasteiger charge is -2.19. The number of carbonyl (C=O) groups excluding carboxylic acids is 1. The van der Waals surface area contributed by atoms with Crippen LogP contribution in [-0.2, 0) is 11.3 Å². The van der Waals surface area contributed by atoms with Gasteiger partial charge in [-0.1, -0.05) is 18.2 Å².